The Bertz CT molecular complexity index is 919. The number of hydrogen-bond donors (Lipinski definition) is 1. The van der Waals surface area contributed by atoms with Crippen LogP contribution < -0.4 is 0 Å². The quantitative estimate of drug-likeness (QED) is 0.660. The molecule has 1 fully saturated rings. The van der Waals surface area contributed by atoms with Gasteiger partial charge in [-0.1, -0.05) is 61.8 Å². The van der Waals surface area contributed by atoms with Gasteiger partial charge in [0, 0.05) is 5.02 Å². The third-order valence-electron chi connectivity index (χ3n) is 6.45. The fourth-order valence-electron chi connectivity index (χ4n) is 4.48. The molecular formula is C23H26ClN3O. The fraction of sp³-hybridized carbons (Fsp3) is 0.391. The molecule has 1 aromatic heterocycles. The molecule has 1 saturated carbocycles. The first kappa shape index (κ1) is 19.2. The lowest BCUT2D eigenvalue weighted by atomic mass is 9.72. The van der Waals surface area contributed by atoms with Crippen molar-refractivity contribution in [3.05, 3.63) is 71.8 Å². The molecule has 1 aliphatic carbocycles. The normalized spacial score (nSPS) is 23.8. The van der Waals surface area contributed by atoms with Crippen molar-refractivity contribution in [3.63, 3.8) is 0 Å². The van der Waals surface area contributed by atoms with Crippen LogP contribution in [0.4, 0.5) is 0 Å². The van der Waals surface area contributed by atoms with Crippen molar-refractivity contribution in [3.8, 4) is 11.1 Å². The van der Waals surface area contributed by atoms with Crippen molar-refractivity contribution in [1.82, 2.24) is 14.8 Å². The van der Waals surface area contributed by atoms with Crippen LogP contribution in [0.2, 0.25) is 5.02 Å². The van der Waals surface area contributed by atoms with Crippen LogP contribution in [0.3, 0.4) is 0 Å². The predicted molar refractivity (Wildman–Crippen MR) is 112 cm³/mol. The minimum Gasteiger partial charge on any atom is -0.387 e. The Morgan fingerprint density at radius 2 is 1.71 bits per heavy atom. The molecule has 28 heavy (non-hydrogen) atoms. The second-order valence-electron chi connectivity index (χ2n) is 8.54. The number of benzene rings is 2. The lowest BCUT2D eigenvalue weighted by Crippen LogP contribution is -2.49. The van der Waals surface area contributed by atoms with Crippen LogP contribution in [0, 0.1) is 11.3 Å². The van der Waals surface area contributed by atoms with E-state index >= 15 is 0 Å². The summed E-state index contributed by atoms with van der Waals surface area (Å²) in [5, 5.41) is 16.6. The van der Waals surface area contributed by atoms with Crippen molar-refractivity contribution in [2.24, 2.45) is 11.3 Å². The summed E-state index contributed by atoms with van der Waals surface area (Å²) in [7, 11) is 0. The van der Waals surface area contributed by atoms with Gasteiger partial charge in [0.2, 0.25) is 0 Å². The second-order valence-corrected chi connectivity index (χ2v) is 8.98. The first-order chi connectivity index (χ1) is 13.4. The number of rotatable bonds is 5. The largest absolute Gasteiger partial charge is 0.387 e. The summed E-state index contributed by atoms with van der Waals surface area (Å²) in [6, 6.07) is 16.5. The Morgan fingerprint density at radius 3 is 2.32 bits per heavy atom. The van der Waals surface area contributed by atoms with Gasteiger partial charge in [-0.2, -0.15) is 5.10 Å². The lowest BCUT2D eigenvalue weighted by molar-refractivity contribution is -0.0907. The highest BCUT2D eigenvalue weighted by Gasteiger charge is 2.54. The van der Waals surface area contributed by atoms with Crippen LogP contribution >= 0.6 is 11.6 Å². The zero-order valence-corrected chi connectivity index (χ0v) is 17.1. The van der Waals surface area contributed by atoms with Gasteiger partial charge in [-0.15, -0.1) is 0 Å². The summed E-state index contributed by atoms with van der Waals surface area (Å²) in [4.78, 5) is 4.03. The van der Waals surface area contributed by atoms with Crippen LogP contribution in [0.5, 0.6) is 0 Å². The number of aliphatic hydroxyl groups is 1. The summed E-state index contributed by atoms with van der Waals surface area (Å²) in [5.41, 5.74) is 2.60. The second kappa shape index (κ2) is 7.34. The Hall–Kier alpha value is -2.17. The van der Waals surface area contributed by atoms with Crippen LogP contribution in [-0.4, -0.2) is 25.5 Å². The Morgan fingerprint density at radius 1 is 1.07 bits per heavy atom. The Kier molecular flexibility index (Phi) is 5.02. The van der Waals surface area contributed by atoms with Gasteiger partial charge in [0.15, 0.2) is 0 Å². The minimum absolute atomic E-state index is 0.160. The number of hydrogen-bond acceptors (Lipinski definition) is 3. The maximum absolute atomic E-state index is 11.7. The van der Waals surface area contributed by atoms with Gasteiger partial charge in [-0.05, 0) is 59.4 Å². The zero-order chi connectivity index (χ0) is 19.8. The van der Waals surface area contributed by atoms with E-state index in [1.54, 1.807) is 11.0 Å². The Balaban J connectivity index is 1.53. The molecule has 146 valence electrons. The Labute approximate surface area is 171 Å². The maximum Gasteiger partial charge on any atom is 0.137 e. The van der Waals surface area contributed by atoms with E-state index in [1.807, 2.05) is 24.3 Å². The van der Waals surface area contributed by atoms with E-state index < -0.39 is 5.60 Å². The first-order valence-corrected chi connectivity index (χ1v) is 10.1. The molecule has 2 unspecified atom stereocenters. The molecule has 4 nitrogen and oxygen atoms in total. The molecule has 0 bridgehead atoms. The molecule has 3 aromatic rings. The molecule has 0 aliphatic heterocycles. The van der Waals surface area contributed by atoms with E-state index in [0.717, 1.165) is 29.8 Å². The molecule has 0 spiro atoms. The topological polar surface area (TPSA) is 50.9 Å². The molecule has 2 atom stereocenters. The standard InChI is InChI=1S/C23H26ClN3O/c1-22(2)12-11-20(23(22,28)14-27-16-25-15-26-27)13-17-3-5-18(6-4-17)19-7-9-21(24)10-8-19/h3-10,15-16,20,28H,11-14H2,1-2H3. The third kappa shape index (κ3) is 3.59. The van der Waals surface area contributed by atoms with E-state index in [4.69, 9.17) is 11.6 Å². The van der Waals surface area contributed by atoms with Crippen LogP contribution in [0.25, 0.3) is 11.1 Å². The molecule has 0 amide bonds. The van der Waals surface area contributed by atoms with Crippen molar-refractivity contribution in [1.29, 1.82) is 0 Å². The maximum atomic E-state index is 11.7. The fourth-order valence-corrected chi connectivity index (χ4v) is 4.60. The molecule has 5 heteroatoms. The predicted octanol–water partition coefficient (Wildman–Crippen LogP) is 5.01. The summed E-state index contributed by atoms with van der Waals surface area (Å²) in [6.45, 7) is 4.80. The number of nitrogens with zero attached hydrogens (tertiary/aromatic N) is 3. The minimum atomic E-state index is -0.810. The average Bonchev–Trinajstić information content (AvgIpc) is 3.25. The first-order valence-electron chi connectivity index (χ1n) is 9.77. The summed E-state index contributed by atoms with van der Waals surface area (Å²) in [6.07, 6.45) is 6.08. The summed E-state index contributed by atoms with van der Waals surface area (Å²) >= 11 is 5.99. The van der Waals surface area contributed by atoms with Crippen LogP contribution in [0.15, 0.2) is 61.2 Å². The molecular weight excluding hydrogens is 370 g/mol. The molecule has 1 N–H and O–H groups in total. The summed E-state index contributed by atoms with van der Waals surface area (Å²) in [5.74, 6) is 0.188. The highest BCUT2D eigenvalue weighted by atomic mass is 35.5. The van der Waals surface area contributed by atoms with E-state index in [0.29, 0.717) is 6.54 Å². The van der Waals surface area contributed by atoms with E-state index in [-0.39, 0.29) is 11.3 Å². The van der Waals surface area contributed by atoms with Crippen LogP contribution in [0.1, 0.15) is 32.3 Å². The van der Waals surface area contributed by atoms with Gasteiger partial charge < -0.3 is 5.11 Å². The molecule has 4 rings (SSSR count). The van der Waals surface area contributed by atoms with Gasteiger partial charge in [-0.3, -0.25) is 4.68 Å². The monoisotopic (exact) mass is 395 g/mol. The molecule has 1 heterocycles. The number of halogens is 1. The van der Waals surface area contributed by atoms with Crippen molar-refractivity contribution in [2.45, 2.75) is 45.3 Å². The highest BCUT2D eigenvalue weighted by Crippen LogP contribution is 2.51. The van der Waals surface area contributed by atoms with Crippen LogP contribution in [-0.2, 0) is 13.0 Å². The molecule has 2 aromatic carbocycles. The molecule has 1 aliphatic rings. The third-order valence-corrected chi connectivity index (χ3v) is 6.70. The van der Waals surface area contributed by atoms with Crippen molar-refractivity contribution < 1.29 is 5.11 Å². The van der Waals surface area contributed by atoms with Crippen molar-refractivity contribution in [2.75, 3.05) is 0 Å². The lowest BCUT2D eigenvalue weighted by Gasteiger charge is -2.40. The van der Waals surface area contributed by atoms with E-state index in [2.05, 4.69) is 48.2 Å². The molecule has 0 radical (unpaired) electrons. The van der Waals surface area contributed by atoms with Gasteiger partial charge in [0.25, 0.3) is 0 Å². The van der Waals surface area contributed by atoms with E-state index in [9.17, 15) is 5.11 Å². The van der Waals surface area contributed by atoms with Gasteiger partial charge >= 0.3 is 0 Å². The van der Waals surface area contributed by atoms with E-state index in [1.165, 1.54) is 17.5 Å². The van der Waals surface area contributed by atoms with Gasteiger partial charge in [0.1, 0.15) is 12.7 Å². The average molecular weight is 396 g/mol. The van der Waals surface area contributed by atoms with Crippen molar-refractivity contribution >= 4 is 11.6 Å². The number of aromatic nitrogens is 3. The smallest absolute Gasteiger partial charge is 0.137 e. The highest BCUT2D eigenvalue weighted by molar-refractivity contribution is 6.30. The SMILES string of the molecule is CC1(C)CCC(Cc2ccc(-c3ccc(Cl)cc3)cc2)C1(O)Cn1cncn1. The van der Waals surface area contributed by atoms with Gasteiger partial charge in [0.05, 0.1) is 12.1 Å². The van der Waals surface area contributed by atoms with Gasteiger partial charge in [-0.25, -0.2) is 4.98 Å². The molecule has 0 saturated heterocycles. The summed E-state index contributed by atoms with van der Waals surface area (Å²) < 4.78 is 1.75. The zero-order valence-electron chi connectivity index (χ0n) is 16.3.